The Kier molecular flexibility index (Phi) is 5.34. The van der Waals surface area contributed by atoms with Gasteiger partial charge in [0.05, 0.1) is 6.54 Å². The van der Waals surface area contributed by atoms with E-state index in [4.69, 9.17) is 10.8 Å². The lowest BCUT2D eigenvalue weighted by molar-refractivity contribution is -0.127. The first kappa shape index (κ1) is 14.5. The monoisotopic (exact) mass is 265 g/mol. The SMILES string of the molecule is NC(=O)C(Cc1ccc(O)cc1)NC(=O)CNC=O. The lowest BCUT2D eigenvalue weighted by Gasteiger charge is -2.15. The fourth-order valence-electron chi connectivity index (χ4n) is 1.47. The van der Waals surface area contributed by atoms with Crippen LogP contribution < -0.4 is 16.4 Å². The molecule has 7 nitrogen and oxygen atoms in total. The minimum Gasteiger partial charge on any atom is -0.508 e. The van der Waals surface area contributed by atoms with Crippen molar-refractivity contribution in [2.75, 3.05) is 6.54 Å². The molecule has 0 fully saturated rings. The van der Waals surface area contributed by atoms with Crippen LogP contribution in [0.2, 0.25) is 0 Å². The van der Waals surface area contributed by atoms with Crippen LogP contribution in [0.1, 0.15) is 5.56 Å². The predicted octanol–water partition coefficient (Wildman–Crippen LogP) is -1.35. The van der Waals surface area contributed by atoms with Gasteiger partial charge in [-0.05, 0) is 17.7 Å². The quantitative estimate of drug-likeness (QED) is 0.455. The van der Waals surface area contributed by atoms with E-state index >= 15 is 0 Å². The third-order valence-corrected chi connectivity index (χ3v) is 2.40. The summed E-state index contributed by atoms with van der Waals surface area (Å²) in [5.41, 5.74) is 5.94. The van der Waals surface area contributed by atoms with Crippen molar-refractivity contribution >= 4 is 18.2 Å². The molecule has 0 aliphatic rings. The summed E-state index contributed by atoms with van der Waals surface area (Å²) in [5.74, 6) is -1.07. The lowest BCUT2D eigenvalue weighted by Crippen LogP contribution is -2.48. The number of nitrogens with one attached hydrogen (secondary N) is 2. The van der Waals surface area contributed by atoms with Crippen LogP contribution in [-0.2, 0) is 20.8 Å². The van der Waals surface area contributed by atoms with E-state index in [0.29, 0.717) is 6.41 Å². The van der Waals surface area contributed by atoms with Gasteiger partial charge in [-0.2, -0.15) is 0 Å². The Morgan fingerprint density at radius 2 is 1.95 bits per heavy atom. The Labute approximate surface area is 109 Å². The Balaban J connectivity index is 2.62. The molecule has 1 atom stereocenters. The highest BCUT2D eigenvalue weighted by atomic mass is 16.3. The van der Waals surface area contributed by atoms with Crippen molar-refractivity contribution in [2.24, 2.45) is 5.73 Å². The van der Waals surface area contributed by atoms with Crippen LogP contribution in [0.3, 0.4) is 0 Å². The van der Waals surface area contributed by atoms with Gasteiger partial charge in [0.1, 0.15) is 11.8 Å². The molecule has 0 saturated carbocycles. The van der Waals surface area contributed by atoms with Crippen molar-refractivity contribution in [1.29, 1.82) is 0 Å². The Hall–Kier alpha value is -2.57. The molecule has 19 heavy (non-hydrogen) atoms. The number of amides is 3. The second-order valence-corrected chi connectivity index (χ2v) is 3.89. The number of carbonyl (C=O) groups excluding carboxylic acids is 3. The second-order valence-electron chi connectivity index (χ2n) is 3.89. The van der Waals surface area contributed by atoms with Crippen LogP contribution in [0.4, 0.5) is 0 Å². The predicted molar refractivity (Wildman–Crippen MR) is 67.0 cm³/mol. The summed E-state index contributed by atoms with van der Waals surface area (Å²) < 4.78 is 0. The zero-order valence-electron chi connectivity index (χ0n) is 10.1. The van der Waals surface area contributed by atoms with Gasteiger partial charge in [-0.1, -0.05) is 12.1 Å². The minimum atomic E-state index is -0.870. The Bertz CT molecular complexity index is 459. The van der Waals surface area contributed by atoms with Crippen molar-refractivity contribution in [3.63, 3.8) is 0 Å². The summed E-state index contributed by atoms with van der Waals surface area (Å²) in [5, 5.41) is 13.7. The molecule has 102 valence electrons. The summed E-state index contributed by atoms with van der Waals surface area (Å²) in [6, 6.07) is 5.33. The number of nitrogens with two attached hydrogens (primary N) is 1. The van der Waals surface area contributed by atoms with Crippen molar-refractivity contribution < 1.29 is 19.5 Å². The van der Waals surface area contributed by atoms with Crippen molar-refractivity contribution in [2.45, 2.75) is 12.5 Å². The van der Waals surface area contributed by atoms with Gasteiger partial charge in [-0.15, -0.1) is 0 Å². The van der Waals surface area contributed by atoms with Crippen LogP contribution >= 0.6 is 0 Å². The molecular formula is C12H15N3O4. The molecule has 1 unspecified atom stereocenters. The summed E-state index contributed by atoms with van der Waals surface area (Å²) in [7, 11) is 0. The molecule has 7 heteroatoms. The normalized spacial score (nSPS) is 11.4. The van der Waals surface area contributed by atoms with E-state index in [-0.39, 0.29) is 18.7 Å². The molecule has 1 aromatic carbocycles. The van der Waals surface area contributed by atoms with E-state index in [2.05, 4.69) is 10.6 Å². The third kappa shape index (κ3) is 5.07. The van der Waals surface area contributed by atoms with Crippen LogP contribution in [-0.4, -0.2) is 35.9 Å². The van der Waals surface area contributed by atoms with Crippen LogP contribution in [0.25, 0.3) is 0 Å². The number of hydrogen-bond donors (Lipinski definition) is 4. The minimum absolute atomic E-state index is 0.110. The first-order valence-corrected chi connectivity index (χ1v) is 5.56. The zero-order valence-corrected chi connectivity index (χ0v) is 10.1. The van der Waals surface area contributed by atoms with E-state index in [0.717, 1.165) is 5.56 Å². The number of aromatic hydroxyl groups is 1. The second kappa shape index (κ2) is 7.00. The average Bonchev–Trinajstić information content (AvgIpc) is 2.38. The summed E-state index contributed by atoms with van der Waals surface area (Å²) in [6.07, 6.45) is 0.598. The first-order valence-electron chi connectivity index (χ1n) is 5.56. The number of hydrogen-bond acceptors (Lipinski definition) is 4. The molecule has 0 aliphatic heterocycles. The van der Waals surface area contributed by atoms with Crippen molar-refractivity contribution in [1.82, 2.24) is 10.6 Å². The van der Waals surface area contributed by atoms with Gasteiger partial charge in [0.25, 0.3) is 0 Å². The molecular weight excluding hydrogens is 250 g/mol. The molecule has 1 aromatic rings. The maximum atomic E-state index is 11.4. The first-order chi connectivity index (χ1) is 9.02. The van der Waals surface area contributed by atoms with Gasteiger partial charge in [0.2, 0.25) is 18.2 Å². The van der Waals surface area contributed by atoms with Crippen molar-refractivity contribution in [3.8, 4) is 5.75 Å². The molecule has 1 rings (SSSR count). The molecule has 3 amide bonds. The number of primary amides is 1. The van der Waals surface area contributed by atoms with Gasteiger partial charge in [-0.25, -0.2) is 0 Å². The summed E-state index contributed by atoms with van der Waals surface area (Å²) in [6.45, 7) is -0.219. The highest BCUT2D eigenvalue weighted by Gasteiger charge is 2.18. The number of phenols is 1. The van der Waals surface area contributed by atoms with E-state index in [1.54, 1.807) is 12.1 Å². The smallest absolute Gasteiger partial charge is 0.240 e. The Morgan fingerprint density at radius 1 is 1.32 bits per heavy atom. The molecule has 0 aliphatic carbocycles. The fourth-order valence-corrected chi connectivity index (χ4v) is 1.47. The number of benzene rings is 1. The van der Waals surface area contributed by atoms with Gasteiger partial charge < -0.3 is 21.5 Å². The fraction of sp³-hybridized carbons (Fsp3) is 0.250. The summed E-state index contributed by atoms with van der Waals surface area (Å²) in [4.78, 5) is 32.7. The highest BCUT2D eigenvalue weighted by molar-refractivity contribution is 5.88. The molecule has 5 N–H and O–H groups in total. The molecule has 0 saturated heterocycles. The van der Waals surface area contributed by atoms with Crippen LogP contribution in [0.5, 0.6) is 5.75 Å². The van der Waals surface area contributed by atoms with Crippen LogP contribution in [0.15, 0.2) is 24.3 Å². The molecule has 0 spiro atoms. The molecule has 0 heterocycles. The molecule has 0 radical (unpaired) electrons. The maximum Gasteiger partial charge on any atom is 0.240 e. The molecule has 0 aromatic heterocycles. The number of carbonyl (C=O) groups is 3. The number of phenolic OH excluding ortho intramolecular Hbond substituents is 1. The maximum absolute atomic E-state index is 11.4. The van der Waals surface area contributed by atoms with E-state index < -0.39 is 17.9 Å². The van der Waals surface area contributed by atoms with E-state index in [1.807, 2.05) is 0 Å². The highest BCUT2D eigenvalue weighted by Crippen LogP contribution is 2.11. The van der Waals surface area contributed by atoms with Crippen molar-refractivity contribution in [3.05, 3.63) is 29.8 Å². The third-order valence-electron chi connectivity index (χ3n) is 2.40. The van der Waals surface area contributed by atoms with E-state index in [9.17, 15) is 14.4 Å². The molecule has 0 bridgehead atoms. The topological polar surface area (TPSA) is 122 Å². The zero-order chi connectivity index (χ0) is 14.3. The lowest BCUT2D eigenvalue weighted by atomic mass is 10.1. The number of rotatable bonds is 7. The van der Waals surface area contributed by atoms with Crippen LogP contribution in [0, 0.1) is 0 Å². The van der Waals surface area contributed by atoms with Gasteiger partial charge >= 0.3 is 0 Å². The average molecular weight is 265 g/mol. The van der Waals surface area contributed by atoms with Gasteiger partial charge in [0, 0.05) is 6.42 Å². The largest absolute Gasteiger partial charge is 0.508 e. The standard InChI is InChI=1S/C12H15N3O4/c13-12(19)10(15-11(18)6-14-7-16)5-8-1-3-9(17)4-2-8/h1-4,7,10,17H,5-6H2,(H2,13,19)(H,14,16)(H,15,18). The van der Waals surface area contributed by atoms with Gasteiger partial charge in [-0.3, -0.25) is 14.4 Å². The van der Waals surface area contributed by atoms with Gasteiger partial charge in [0.15, 0.2) is 0 Å². The van der Waals surface area contributed by atoms with E-state index in [1.165, 1.54) is 12.1 Å². The Morgan fingerprint density at radius 3 is 2.47 bits per heavy atom. The summed E-state index contributed by atoms with van der Waals surface area (Å²) >= 11 is 0.